The average molecular weight is 1000 g/mol. The van der Waals surface area contributed by atoms with Gasteiger partial charge >= 0.3 is 48.9 Å². The second-order valence-corrected chi connectivity index (χ2v) is 19.8. The third-order valence-electron chi connectivity index (χ3n) is 12.1. The summed E-state index contributed by atoms with van der Waals surface area (Å²) in [6, 6.07) is 19.4. The zero-order valence-corrected chi connectivity index (χ0v) is 44.6. The van der Waals surface area contributed by atoms with Crippen LogP contribution in [0.3, 0.4) is 0 Å². The molecule has 0 saturated heterocycles. The van der Waals surface area contributed by atoms with Gasteiger partial charge in [-0.15, -0.1) is 0 Å². The fraction of sp³-hybridized carbons (Fsp3) is 0.615. The summed E-state index contributed by atoms with van der Waals surface area (Å²) in [5.74, 6) is 0. The van der Waals surface area contributed by atoms with E-state index in [9.17, 15) is 25.9 Å². The van der Waals surface area contributed by atoms with Crippen LogP contribution in [0.4, 0.5) is 0 Å². The first kappa shape index (κ1) is 55.9. The van der Waals surface area contributed by atoms with Crippen LogP contribution in [0.15, 0.2) is 70.5 Å². The Morgan fingerprint density at radius 2 is 0.607 bits per heavy atom. The first-order valence-corrected chi connectivity index (χ1v) is 26.8. The van der Waals surface area contributed by atoms with Crippen molar-refractivity contribution in [1.82, 2.24) is 0 Å². The van der Waals surface area contributed by atoms with E-state index in [0.29, 0.717) is 12.8 Å². The van der Waals surface area contributed by atoms with Gasteiger partial charge in [0.05, 0.1) is 9.79 Å². The molecular formula is C52H78BaO6S2. The van der Waals surface area contributed by atoms with Crippen LogP contribution in [0.2, 0.25) is 0 Å². The molecule has 4 rings (SSSR count). The fourth-order valence-corrected chi connectivity index (χ4v) is 10.3. The third kappa shape index (κ3) is 20.2. The molecule has 0 aliphatic carbocycles. The molecule has 0 amide bonds. The van der Waals surface area contributed by atoms with Gasteiger partial charge in [0, 0.05) is 0 Å². The van der Waals surface area contributed by atoms with E-state index in [0.717, 1.165) is 108 Å². The quantitative estimate of drug-likeness (QED) is 0.0292. The first-order valence-electron chi connectivity index (χ1n) is 24.0. The Morgan fingerprint density at radius 1 is 0.361 bits per heavy atom. The average Bonchev–Trinajstić information content (AvgIpc) is 3.23. The molecule has 0 bridgehead atoms. The summed E-state index contributed by atoms with van der Waals surface area (Å²) >= 11 is 0. The molecule has 9 heteroatoms. The van der Waals surface area contributed by atoms with Crippen LogP contribution in [0.1, 0.15) is 204 Å². The summed E-state index contributed by atoms with van der Waals surface area (Å²) < 4.78 is 72.7. The minimum Gasteiger partial charge on any atom is -0.744 e. The van der Waals surface area contributed by atoms with Gasteiger partial charge in [-0.05, 0) is 107 Å². The molecule has 0 aliphatic heterocycles. The number of hydrogen-bond donors (Lipinski definition) is 0. The van der Waals surface area contributed by atoms with Crippen molar-refractivity contribution in [3.05, 3.63) is 82.9 Å². The predicted octanol–water partition coefficient (Wildman–Crippen LogP) is 14.7. The van der Waals surface area contributed by atoms with Gasteiger partial charge in [0.25, 0.3) is 0 Å². The number of unbranched alkanes of at least 4 members (excludes halogenated alkanes) is 20. The molecule has 6 nitrogen and oxygen atoms in total. The Morgan fingerprint density at radius 3 is 0.885 bits per heavy atom. The molecule has 0 aliphatic rings. The smallest absolute Gasteiger partial charge is 0.744 e. The van der Waals surface area contributed by atoms with Crippen LogP contribution in [0.25, 0.3) is 21.5 Å². The standard InChI is InChI=1S/2C26H40O3S.Ba/c2*1-3-5-7-9-11-13-17-22-21-26(30(27,28)29)25(20-14-12-10-8-6-4-2)24-19-16-15-18-23(22)24;/h2*15-16,18-19,21H,3-14,17,20H2,1-2H3,(H,27,28,29);/q;;+2/p-2. The van der Waals surface area contributed by atoms with Gasteiger partial charge in [0.2, 0.25) is 0 Å². The molecule has 0 heterocycles. The van der Waals surface area contributed by atoms with Gasteiger partial charge in [-0.2, -0.15) is 0 Å². The van der Waals surface area contributed by atoms with E-state index in [-0.39, 0.29) is 58.7 Å². The second kappa shape index (κ2) is 31.6. The molecule has 0 N–H and O–H groups in total. The molecule has 0 atom stereocenters. The summed E-state index contributed by atoms with van der Waals surface area (Å²) in [5.41, 5.74) is 3.45. The van der Waals surface area contributed by atoms with Crippen molar-refractivity contribution >= 4 is 90.7 Å². The van der Waals surface area contributed by atoms with Crippen LogP contribution in [-0.4, -0.2) is 74.8 Å². The largest absolute Gasteiger partial charge is 2.00 e. The number of rotatable bonds is 30. The number of aryl methyl sites for hydroxylation is 4. The Kier molecular flexibility index (Phi) is 29.0. The Hall–Kier alpha value is -1.21. The number of hydrogen-bond acceptors (Lipinski definition) is 6. The maximum Gasteiger partial charge on any atom is 2.00 e. The van der Waals surface area contributed by atoms with Crippen LogP contribution in [0.5, 0.6) is 0 Å². The van der Waals surface area contributed by atoms with Crippen molar-refractivity contribution in [1.29, 1.82) is 0 Å². The minimum absolute atomic E-state index is 0. The van der Waals surface area contributed by atoms with Crippen LogP contribution in [0, 0.1) is 0 Å². The molecule has 4 aromatic rings. The van der Waals surface area contributed by atoms with E-state index in [1.54, 1.807) is 12.1 Å². The molecule has 4 aromatic carbocycles. The maximum atomic E-state index is 12.1. The molecule has 61 heavy (non-hydrogen) atoms. The molecule has 0 spiro atoms. The van der Waals surface area contributed by atoms with Gasteiger partial charge in [-0.3, -0.25) is 0 Å². The van der Waals surface area contributed by atoms with E-state index in [4.69, 9.17) is 0 Å². The second-order valence-electron chi connectivity index (χ2n) is 17.1. The van der Waals surface area contributed by atoms with Crippen molar-refractivity contribution in [2.45, 2.75) is 217 Å². The first-order chi connectivity index (χ1) is 29.0. The van der Waals surface area contributed by atoms with E-state index in [1.807, 2.05) is 36.4 Å². The normalized spacial score (nSPS) is 11.8. The number of benzene rings is 4. The van der Waals surface area contributed by atoms with E-state index in [2.05, 4.69) is 39.8 Å². The predicted molar refractivity (Wildman–Crippen MR) is 258 cm³/mol. The van der Waals surface area contributed by atoms with Crippen LogP contribution >= 0.6 is 0 Å². The molecular weight excluding hydrogens is 922 g/mol. The molecule has 0 aromatic heterocycles. The van der Waals surface area contributed by atoms with Gasteiger partial charge in [-0.1, -0.05) is 205 Å². The SMILES string of the molecule is CCCCCCCCc1cc(S(=O)(=O)[O-])c(CCCCCCCC)c2ccccc12.CCCCCCCCc1cc(S(=O)(=O)[O-])c(CCCCCCCC)c2ccccc12.[Ba+2]. The Balaban J connectivity index is 0.000000413. The molecule has 0 unspecified atom stereocenters. The van der Waals surface area contributed by atoms with Gasteiger partial charge < -0.3 is 9.11 Å². The zero-order valence-electron chi connectivity index (χ0n) is 38.5. The van der Waals surface area contributed by atoms with Crippen molar-refractivity contribution in [3.63, 3.8) is 0 Å². The van der Waals surface area contributed by atoms with Crippen molar-refractivity contribution in [3.8, 4) is 0 Å². The maximum absolute atomic E-state index is 12.1. The Bertz CT molecular complexity index is 1900. The summed E-state index contributed by atoms with van der Waals surface area (Å²) in [5, 5.41) is 4.12. The summed E-state index contributed by atoms with van der Waals surface area (Å²) in [6.07, 6.45) is 31.0. The van der Waals surface area contributed by atoms with Crippen molar-refractivity contribution in [2.24, 2.45) is 0 Å². The Labute approximate surface area is 412 Å². The summed E-state index contributed by atoms with van der Waals surface area (Å²) in [4.78, 5) is 0.0199. The monoisotopic (exact) mass is 1000 g/mol. The molecule has 0 radical (unpaired) electrons. The van der Waals surface area contributed by atoms with Gasteiger partial charge in [0.15, 0.2) is 0 Å². The van der Waals surface area contributed by atoms with E-state index in [1.165, 1.54) is 103 Å². The molecule has 0 saturated carbocycles. The summed E-state index contributed by atoms with van der Waals surface area (Å²) in [6.45, 7) is 8.82. The number of fused-ring (bicyclic) bond motifs is 2. The van der Waals surface area contributed by atoms with Gasteiger partial charge in [0.1, 0.15) is 20.2 Å². The van der Waals surface area contributed by atoms with Crippen LogP contribution in [-0.2, 0) is 45.9 Å². The minimum atomic E-state index is -4.49. The third-order valence-corrected chi connectivity index (χ3v) is 13.9. The fourth-order valence-electron chi connectivity index (χ4n) is 8.70. The van der Waals surface area contributed by atoms with Crippen molar-refractivity contribution in [2.75, 3.05) is 0 Å². The van der Waals surface area contributed by atoms with E-state index >= 15 is 0 Å². The molecule has 0 fully saturated rings. The zero-order chi connectivity index (χ0) is 43.6. The van der Waals surface area contributed by atoms with Crippen molar-refractivity contribution < 1.29 is 25.9 Å². The van der Waals surface area contributed by atoms with E-state index < -0.39 is 20.2 Å². The van der Waals surface area contributed by atoms with Gasteiger partial charge in [-0.25, -0.2) is 16.8 Å². The van der Waals surface area contributed by atoms with Crippen LogP contribution < -0.4 is 0 Å². The molecule has 336 valence electrons. The summed E-state index contributed by atoms with van der Waals surface area (Å²) in [7, 11) is -8.98. The topological polar surface area (TPSA) is 114 Å².